The lowest BCUT2D eigenvalue weighted by atomic mass is 9.84. The lowest BCUT2D eigenvalue weighted by Crippen LogP contribution is -2.15. The zero-order chi connectivity index (χ0) is 46.1. The Balaban J connectivity index is 1.00. The van der Waals surface area contributed by atoms with Crippen molar-refractivity contribution in [2.45, 2.75) is 55.4 Å². The van der Waals surface area contributed by atoms with Gasteiger partial charge < -0.3 is 14.5 Å². The Bertz CT molecular complexity index is 3420. The molecule has 0 spiro atoms. The van der Waals surface area contributed by atoms with Crippen LogP contribution >= 0.6 is 0 Å². The molecule has 11 rings (SSSR count). The van der Waals surface area contributed by atoms with Crippen LogP contribution in [0.3, 0.4) is 0 Å². The number of fused-ring (bicyclic) bond motifs is 4. The van der Waals surface area contributed by atoms with Crippen LogP contribution in [0.15, 0.2) is 182 Å². The topological polar surface area (TPSA) is 15.7 Å². The lowest BCUT2D eigenvalue weighted by Gasteiger charge is -2.32. The Morgan fingerprint density at radius 3 is 1.18 bits per heavy atom. The number of ether oxygens (including phenoxy) is 1. The summed E-state index contributed by atoms with van der Waals surface area (Å²) >= 11 is 0. The SMILES string of the molecule is Cc1c(C)c(N(c2ccccc2)c2ccccc2)c(C)c(C)c1-c1ccc2c(c1)Oc1cccc3c1c-2cc1ccc(-c2c(C)c(C)c(N(c4ccccc4)c4ccccc4)c(C)c2C)cc13. The van der Waals surface area contributed by atoms with Crippen LogP contribution in [0, 0.1) is 55.4 Å². The molecule has 0 unspecified atom stereocenters. The fourth-order valence-corrected chi connectivity index (χ4v) is 11.0. The molecule has 0 aromatic heterocycles. The number of rotatable bonds is 8. The zero-order valence-corrected chi connectivity index (χ0v) is 39.6. The quantitative estimate of drug-likeness (QED) is 0.142. The van der Waals surface area contributed by atoms with Gasteiger partial charge >= 0.3 is 0 Å². The van der Waals surface area contributed by atoms with Crippen molar-refractivity contribution in [3.8, 4) is 44.9 Å². The van der Waals surface area contributed by atoms with Crippen molar-refractivity contribution in [3.63, 3.8) is 0 Å². The van der Waals surface area contributed by atoms with Crippen molar-refractivity contribution in [3.05, 3.63) is 226 Å². The largest absolute Gasteiger partial charge is 0.456 e. The van der Waals surface area contributed by atoms with E-state index in [1.807, 2.05) is 0 Å². The molecule has 0 radical (unpaired) electrons. The molecule has 3 heteroatoms. The molecule has 10 aromatic rings. The first-order chi connectivity index (χ1) is 32.6. The molecular weight excluding hydrogens is 813 g/mol. The van der Waals surface area contributed by atoms with Crippen LogP contribution in [0.1, 0.15) is 44.5 Å². The Hall–Kier alpha value is -7.88. The molecule has 0 saturated heterocycles. The minimum Gasteiger partial charge on any atom is -0.456 e. The molecule has 0 atom stereocenters. The number of hydrogen-bond acceptors (Lipinski definition) is 3. The third kappa shape index (κ3) is 6.80. The number of nitrogens with zero attached hydrogens (tertiary/aromatic N) is 2. The van der Waals surface area contributed by atoms with Gasteiger partial charge in [0.1, 0.15) is 11.5 Å². The number of anilines is 6. The average Bonchev–Trinajstić information content (AvgIpc) is 3.36. The minimum atomic E-state index is 0.888. The first-order valence-electron chi connectivity index (χ1n) is 23.4. The van der Waals surface area contributed by atoms with Gasteiger partial charge in [-0.1, -0.05) is 103 Å². The summed E-state index contributed by atoms with van der Waals surface area (Å²) in [5.41, 5.74) is 24.5. The van der Waals surface area contributed by atoms with Crippen LogP contribution in [-0.4, -0.2) is 0 Å². The normalized spacial score (nSPS) is 11.7. The first kappa shape index (κ1) is 41.8. The van der Waals surface area contributed by atoms with E-state index >= 15 is 0 Å². The van der Waals surface area contributed by atoms with Gasteiger partial charge in [0, 0.05) is 33.7 Å². The molecule has 0 fully saturated rings. The van der Waals surface area contributed by atoms with Gasteiger partial charge in [-0.2, -0.15) is 0 Å². The van der Waals surface area contributed by atoms with Crippen LogP contribution < -0.4 is 14.5 Å². The maximum atomic E-state index is 6.96. The number of hydrogen-bond donors (Lipinski definition) is 0. The summed E-state index contributed by atoms with van der Waals surface area (Å²) in [7, 11) is 0. The van der Waals surface area contributed by atoms with Gasteiger partial charge in [-0.05, 0) is 223 Å². The fraction of sp³-hybridized carbons (Fsp3) is 0.125. The predicted octanol–water partition coefficient (Wildman–Crippen LogP) is 18.5. The molecule has 326 valence electrons. The maximum absolute atomic E-state index is 6.96. The van der Waals surface area contributed by atoms with E-state index < -0.39 is 0 Å². The molecule has 10 aromatic carbocycles. The van der Waals surface area contributed by atoms with Crippen molar-refractivity contribution in [2.75, 3.05) is 9.80 Å². The summed E-state index contributed by atoms with van der Waals surface area (Å²) in [5, 5.41) is 4.81. The van der Waals surface area contributed by atoms with Crippen LogP contribution in [0.5, 0.6) is 11.5 Å². The molecule has 0 N–H and O–H groups in total. The van der Waals surface area contributed by atoms with Gasteiger partial charge in [-0.3, -0.25) is 0 Å². The molecule has 0 amide bonds. The van der Waals surface area contributed by atoms with Crippen molar-refractivity contribution < 1.29 is 4.74 Å². The third-order valence-electron chi connectivity index (χ3n) is 14.7. The van der Waals surface area contributed by atoms with Crippen LogP contribution in [0.2, 0.25) is 0 Å². The Labute approximate surface area is 395 Å². The van der Waals surface area contributed by atoms with Gasteiger partial charge in [0.15, 0.2) is 0 Å². The van der Waals surface area contributed by atoms with Crippen LogP contribution in [0.4, 0.5) is 34.1 Å². The molecule has 0 saturated carbocycles. The van der Waals surface area contributed by atoms with Crippen molar-refractivity contribution >= 4 is 55.7 Å². The molecule has 3 nitrogen and oxygen atoms in total. The zero-order valence-electron chi connectivity index (χ0n) is 39.6. The smallest absolute Gasteiger partial charge is 0.135 e. The summed E-state index contributed by atoms with van der Waals surface area (Å²) in [5.74, 6) is 1.78. The maximum Gasteiger partial charge on any atom is 0.135 e. The molecule has 0 aliphatic carbocycles. The molecule has 67 heavy (non-hydrogen) atoms. The highest BCUT2D eigenvalue weighted by molar-refractivity contribution is 6.18. The van der Waals surface area contributed by atoms with Crippen LogP contribution in [0.25, 0.3) is 54.9 Å². The Kier molecular flexibility index (Phi) is 10.3. The van der Waals surface area contributed by atoms with E-state index in [2.05, 4.69) is 247 Å². The van der Waals surface area contributed by atoms with Gasteiger partial charge in [0.2, 0.25) is 0 Å². The monoisotopic (exact) mass is 866 g/mol. The van der Waals surface area contributed by atoms with Gasteiger partial charge in [0.25, 0.3) is 0 Å². The van der Waals surface area contributed by atoms with Crippen LogP contribution in [-0.2, 0) is 0 Å². The highest BCUT2D eigenvalue weighted by atomic mass is 16.5. The number of benzene rings is 10. The minimum absolute atomic E-state index is 0.888. The standard InChI is InChI=1S/C64H54N2O/c1-39-43(5)63(65(50-22-13-9-14-23-50)51-24-15-10-16-25-51)44(6)40(2)60(39)48-33-32-47-36-57-54-35-34-49(38-59(54)67-58-31-21-30-55(62(57)58)56(47)37-48)61-41(3)45(7)64(46(8)42(61)4)66(52-26-17-11-18-27-52)53-28-19-12-20-29-53/h9-38H,1-8H3. The van der Waals surface area contributed by atoms with E-state index in [9.17, 15) is 0 Å². The second kappa shape index (κ2) is 16.5. The van der Waals surface area contributed by atoms with E-state index in [4.69, 9.17) is 4.74 Å². The summed E-state index contributed by atoms with van der Waals surface area (Å²) < 4.78 is 6.96. The van der Waals surface area contributed by atoms with Gasteiger partial charge in [-0.25, -0.2) is 0 Å². The Morgan fingerprint density at radius 2 is 0.731 bits per heavy atom. The second-order valence-electron chi connectivity index (χ2n) is 18.3. The second-order valence-corrected chi connectivity index (χ2v) is 18.3. The van der Waals surface area contributed by atoms with Crippen molar-refractivity contribution in [1.29, 1.82) is 0 Å². The summed E-state index contributed by atoms with van der Waals surface area (Å²) in [6.07, 6.45) is 0. The summed E-state index contributed by atoms with van der Waals surface area (Å²) in [4.78, 5) is 4.82. The highest BCUT2D eigenvalue weighted by Crippen LogP contribution is 2.52. The third-order valence-corrected chi connectivity index (χ3v) is 14.7. The summed E-state index contributed by atoms with van der Waals surface area (Å²) in [6.45, 7) is 18.2. The molecule has 1 aliphatic heterocycles. The van der Waals surface area contributed by atoms with Crippen molar-refractivity contribution in [1.82, 2.24) is 0 Å². The van der Waals surface area contributed by atoms with E-state index in [-0.39, 0.29) is 0 Å². The Morgan fingerprint density at radius 1 is 0.313 bits per heavy atom. The highest BCUT2D eigenvalue weighted by Gasteiger charge is 2.27. The lowest BCUT2D eigenvalue weighted by molar-refractivity contribution is 0.487. The van der Waals surface area contributed by atoms with E-state index in [0.29, 0.717) is 0 Å². The fourth-order valence-electron chi connectivity index (χ4n) is 11.0. The molecule has 0 bridgehead atoms. The van der Waals surface area contributed by atoms with Gasteiger partial charge in [-0.15, -0.1) is 0 Å². The van der Waals surface area contributed by atoms with E-state index in [0.717, 1.165) is 50.8 Å². The predicted molar refractivity (Wildman–Crippen MR) is 285 cm³/mol. The molecular formula is C64H54N2O. The summed E-state index contributed by atoms with van der Waals surface area (Å²) in [6, 6.07) is 65.7. The van der Waals surface area contributed by atoms with Gasteiger partial charge in [0.05, 0.1) is 11.4 Å². The average molecular weight is 867 g/mol. The first-order valence-corrected chi connectivity index (χ1v) is 23.4. The molecule has 1 aliphatic rings. The van der Waals surface area contributed by atoms with Crippen molar-refractivity contribution in [2.24, 2.45) is 0 Å². The molecule has 1 heterocycles. The van der Waals surface area contributed by atoms with E-state index in [1.165, 1.54) is 94.3 Å². The number of para-hydroxylation sites is 4. The van der Waals surface area contributed by atoms with E-state index in [1.54, 1.807) is 0 Å².